The van der Waals surface area contributed by atoms with Gasteiger partial charge in [-0.2, -0.15) is 0 Å². The molecule has 2 aromatic rings. The van der Waals surface area contributed by atoms with Crippen LogP contribution >= 0.6 is 0 Å². The van der Waals surface area contributed by atoms with Gasteiger partial charge in [0.2, 0.25) is 0 Å². The van der Waals surface area contributed by atoms with E-state index in [1.54, 1.807) is 0 Å². The molecule has 1 saturated carbocycles. The van der Waals surface area contributed by atoms with Crippen LogP contribution in [0.2, 0.25) is 0 Å². The SMILES string of the molecule is Cc1ccc(NC(CN)c2ccccc2C2CC2)cc1. The van der Waals surface area contributed by atoms with Gasteiger partial charge in [0.05, 0.1) is 6.04 Å². The van der Waals surface area contributed by atoms with Gasteiger partial charge in [-0.15, -0.1) is 0 Å². The summed E-state index contributed by atoms with van der Waals surface area (Å²) in [5.41, 5.74) is 11.3. The van der Waals surface area contributed by atoms with E-state index in [0.29, 0.717) is 6.54 Å². The summed E-state index contributed by atoms with van der Waals surface area (Å²) in [6, 6.07) is 17.4. The van der Waals surface area contributed by atoms with Crippen molar-refractivity contribution in [1.82, 2.24) is 0 Å². The Kier molecular flexibility index (Phi) is 3.75. The van der Waals surface area contributed by atoms with Crippen LogP contribution in [0.4, 0.5) is 5.69 Å². The summed E-state index contributed by atoms with van der Waals surface area (Å²) in [6.45, 7) is 2.71. The number of rotatable bonds is 5. The van der Waals surface area contributed by atoms with Crippen LogP contribution in [0.5, 0.6) is 0 Å². The summed E-state index contributed by atoms with van der Waals surface area (Å²) in [4.78, 5) is 0. The molecule has 3 N–H and O–H groups in total. The van der Waals surface area contributed by atoms with Gasteiger partial charge >= 0.3 is 0 Å². The molecule has 2 aromatic carbocycles. The Morgan fingerprint density at radius 1 is 1.10 bits per heavy atom. The number of anilines is 1. The lowest BCUT2D eigenvalue weighted by molar-refractivity contribution is 0.776. The van der Waals surface area contributed by atoms with Gasteiger partial charge < -0.3 is 11.1 Å². The zero-order valence-corrected chi connectivity index (χ0v) is 12.0. The van der Waals surface area contributed by atoms with Gasteiger partial charge in [0.15, 0.2) is 0 Å². The molecule has 2 nitrogen and oxygen atoms in total. The minimum Gasteiger partial charge on any atom is -0.377 e. The topological polar surface area (TPSA) is 38.0 Å². The van der Waals surface area contributed by atoms with Crippen molar-refractivity contribution in [3.8, 4) is 0 Å². The van der Waals surface area contributed by atoms with Gasteiger partial charge in [0, 0.05) is 12.2 Å². The molecule has 0 radical (unpaired) electrons. The molecular formula is C18H22N2. The summed E-state index contributed by atoms with van der Waals surface area (Å²) in [6.07, 6.45) is 2.64. The molecular weight excluding hydrogens is 244 g/mol. The van der Waals surface area contributed by atoms with Gasteiger partial charge in [-0.25, -0.2) is 0 Å². The van der Waals surface area contributed by atoms with Crippen molar-refractivity contribution in [2.75, 3.05) is 11.9 Å². The Morgan fingerprint density at radius 3 is 2.45 bits per heavy atom. The Morgan fingerprint density at radius 2 is 1.80 bits per heavy atom. The van der Waals surface area contributed by atoms with Gasteiger partial charge in [-0.05, 0) is 48.9 Å². The standard InChI is InChI=1S/C18H22N2/c1-13-6-10-15(11-7-13)20-18(12-19)17-5-3-2-4-16(17)14-8-9-14/h2-7,10-11,14,18,20H,8-9,12,19H2,1H3. The highest BCUT2D eigenvalue weighted by atomic mass is 14.9. The third kappa shape index (κ3) is 2.86. The Balaban J connectivity index is 1.84. The molecule has 0 saturated heterocycles. The summed E-state index contributed by atoms with van der Waals surface area (Å²) < 4.78 is 0. The lowest BCUT2D eigenvalue weighted by Gasteiger charge is -2.21. The van der Waals surface area contributed by atoms with Crippen LogP contribution in [-0.4, -0.2) is 6.54 Å². The number of nitrogens with two attached hydrogens (primary N) is 1. The van der Waals surface area contributed by atoms with E-state index in [0.717, 1.165) is 11.6 Å². The molecule has 1 aliphatic carbocycles. The van der Waals surface area contributed by atoms with Gasteiger partial charge in [0.25, 0.3) is 0 Å². The van der Waals surface area contributed by atoms with E-state index in [2.05, 4.69) is 60.8 Å². The number of hydrogen-bond donors (Lipinski definition) is 2. The van der Waals surface area contributed by atoms with E-state index in [-0.39, 0.29) is 6.04 Å². The third-order valence-corrected chi connectivity index (χ3v) is 4.02. The molecule has 1 aliphatic rings. The number of hydrogen-bond acceptors (Lipinski definition) is 2. The highest BCUT2D eigenvalue weighted by Gasteiger charge is 2.27. The smallest absolute Gasteiger partial charge is 0.0638 e. The minimum absolute atomic E-state index is 0.189. The summed E-state index contributed by atoms with van der Waals surface area (Å²) in [5, 5.41) is 3.57. The van der Waals surface area contributed by atoms with Crippen LogP contribution in [-0.2, 0) is 0 Å². The second-order valence-electron chi connectivity index (χ2n) is 5.70. The molecule has 1 fully saturated rings. The van der Waals surface area contributed by atoms with Crippen LogP contribution in [0.25, 0.3) is 0 Å². The van der Waals surface area contributed by atoms with Crippen molar-refractivity contribution < 1.29 is 0 Å². The molecule has 1 unspecified atom stereocenters. The molecule has 0 heterocycles. The zero-order chi connectivity index (χ0) is 13.9. The lowest BCUT2D eigenvalue weighted by Crippen LogP contribution is -2.21. The maximum Gasteiger partial charge on any atom is 0.0638 e. The van der Waals surface area contributed by atoms with Crippen LogP contribution in [0, 0.1) is 6.92 Å². The van der Waals surface area contributed by atoms with E-state index >= 15 is 0 Å². The third-order valence-electron chi connectivity index (χ3n) is 4.02. The lowest BCUT2D eigenvalue weighted by atomic mass is 9.97. The highest BCUT2D eigenvalue weighted by Crippen LogP contribution is 2.43. The first-order valence-electron chi connectivity index (χ1n) is 7.40. The summed E-state index contributed by atoms with van der Waals surface area (Å²) in [5.74, 6) is 0.750. The number of aryl methyl sites for hydroxylation is 1. The maximum absolute atomic E-state index is 6.01. The fourth-order valence-corrected chi connectivity index (χ4v) is 2.71. The van der Waals surface area contributed by atoms with Crippen molar-refractivity contribution in [2.24, 2.45) is 5.73 Å². The molecule has 0 aliphatic heterocycles. The van der Waals surface area contributed by atoms with Crippen molar-refractivity contribution in [3.05, 3.63) is 65.2 Å². The van der Waals surface area contributed by atoms with E-state index in [1.807, 2.05) is 0 Å². The molecule has 2 heteroatoms. The van der Waals surface area contributed by atoms with Crippen molar-refractivity contribution >= 4 is 5.69 Å². The molecule has 0 amide bonds. The predicted octanol–water partition coefficient (Wildman–Crippen LogP) is 3.98. The van der Waals surface area contributed by atoms with Crippen LogP contribution < -0.4 is 11.1 Å². The normalized spacial score (nSPS) is 15.9. The summed E-state index contributed by atoms with van der Waals surface area (Å²) >= 11 is 0. The molecule has 1 atom stereocenters. The predicted molar refractivity (Wildman–Crippen MR) is 85.0 cm³/mol. The van der Waals surface area contributed by atoms with Gasteiger partial charge in [0.1, 0.15) is 0 Å². The quantitative estimate of drug-likeness (QED) is 0.859. The highest BCUT2D eigenvalue weighted by molar-refractivity contribution is 5.48. The fourth-order valence-electron chi connectivity index (χ4n) is 2.71. The van der Waals surface area contributed by atoms with Crippen molar-refractivity contribution in [2.45, 2.75) is 31.7 Å². The van der Waals surface area contributed by atoms with Crippen LogP contribution in [0.15, 0.2) is 48.5 Å². The Bertz CT molecular complexity index is 570. The summed E-state index contributed by atoms with van der Waals surface area (Å²) in [7, 11) is 0. The maximum atomic E-state index is 6.01. The first kappa shape index (κ1) is 13.2. The first-order chi connectivity index (χ1) is 9.78. The minimum atomic E-state index is 0.189. The van der Waals surface area contributed by atoms with E-state index in [9.17, 15) is 0 Å². The Labute approximate surface area is 121 Å². The largest absolute Gasteiger partial charge is 0.377 e. The van der Waals surface area contributed by atoms with Crippen LogP contribution in [0.1, 0.15) is 41.5 Å². The molecule has 104 valence electrons. The average molecular weight is 266 g/mol. The van der Waals surface area contributed by atoms with Crippen molar-refractivity contribution in [3.63, 3.8) is 0 Å². The molecule has 0 aromatic heterocycles. The second-order valence-corrected chi connectivity index (χ2v) is 5.70. The Hall–Kier alpha value is -1.80. The molecule has 20 heavy (non-hydrogen) atoms. The van der Waals surface area contributed by atoms with Crippen molar-refractivity contribution in [1.29, 1.82) is 0 Å². The van der Waals surface area contributed by atoms with E-state index < -0.39 is 0 Å². The van der Waals surface area contributed by atoms with E-state index in [4.69, 9.17) is 5.73 Å². The molecule has 0 spiro atoms. The van der Waals surface area contributed by atoms with Gasteiger partial charge in [-0.1, -0.05) is 42.0 Å². The van der Waals surface area contributed by atoms with Crippen LogP contribution in [0.3, 0.4) is 0 Å². The fraction of sp³-hybridized carbons (Fsp3) is 0.333. The zero-order valence-electron chi connectivity index (χ0n) is 12.0. The van der Waals surface area contributed by atoms with E-state index in [1.165, 1.54) is 29.5 Å². The van der Waals surface area contributed by atoms with Gasteiger partial charge in [-0.3, -0.25) is 0 Å². The molecule has 3 rings (SSSR count). The average Bonchev–Trinajstić information content (AvgIpc) is 3.31. The second kappa shape index (κ2) is 5.68. The first-order valence-corrected chi connectivity index (χ1v) is 7.40. The monoisotopic (exact) mass is 266 g/mol. The number of nitrogens with one attached hydrogen (secondary N) is 1. The molecule has 0 bridgehead atoms. The number of benzene rings is 2.